The van der Waals surface area contributed by atoms with E-state index in [0.717, 1.165) is 23.2 Å². The monoisotopic (exact) mass is 324 g/mol. The highest BCUT2D eigenvalue weighted by atomic mass is 16.6. The zero-order valence-electron chi connectivity index (χ0n) is 12.8. The summed E-state index contributed by atoms with van der Waals surface area (Å²) < 4.78 is 0. The first-order chi connectivity index (χ1) is 11.6. The van der Waals surface area contributed by atoms with Gasteiger partial charge in [-0.3, -0.25) is 14.9 Å². The minimum Gasteiger partial charge on any atom is -0.346 e. The van der Waals surface area contributed by atoms with Crippen molar-refractivity contribution in [3.8, 4) is 0 Å². The van der Waals surface area contributed by atoms with Crippen molar-refractivity contribution in [3.05, 3.63) is 69.3 Å². The smallest absolute Gasteiger partial charge is 0.269 e. The number of nitrogens with one attached hydrogen (secondary N) is 1. The number of hydrogen-bond acceptors (Lipinski definition) is 5. The molecule has 2 heterocycles. The minimum atomic E-state index is -0.434. The molecule has 7 nitrogen and oxygen atoms in total. The molecule has 0 unspecified atom stereocenters. The molecule has 0 saturated carbocycles. The number of nitro benzene ring substituents is 1. The SMILES string of the molecule is N[C@H]1CCN2c3c(cccc31)C(=O)N[C@@H]2c1ccc([N+](=O)[O-])cc1. The van der Waals surface area contributed by atoms with E-state index in [0.29, 0.717) is 12.1 Å². The summed E-state index contributed by atoms with van der Waals surface area (Å²) in [6.07, 6.45) is 0.440. The van der Waals surface area contributed by atoms with E-state index in [9.17, 15) is 14.9 Å². The van der Waals surface area contributed by atoms with Crippen LogP contribution in [0.2, 0.25) is 0 Å². The van der Waals surface area contributed by atoms with Crippen LogP contribution in [-0.4, -0.2) is 17.4 Å². The Kier molecular flexibility index (Phi) is 3.24. The van der Waals surface area contributed by atoms with E-state index < -0.39 is 4.92 Å². The van der Waals surface area contributed by atoms with Crippen LogP contribution in [0, 0.1) is 10.1 Å². The summed E-state index contributed by atoms with van der Waals surface area (Å²) in [4.78, 5) is 25.0. The number of nitro groups is 1. The van der Waals surface area contributed by atoms with Crippen LogP contribution in [0.1, 0.15) is 40.1 Å². The van der Waals surface area contributed by atoms with Crippen LogP contribution >= 0.6 is 0 Å². The molecular formula is C17H16N4O3. The lowest BCUT2D eigenvalue weighted by Crippen LogP contribution is -2.49. The molecule has 1 amide bonds. The van der Waals surface area contributed by atoms with Gasteiger partial charge in [0.15, 0.2) is 0 Å². The van der Waals surface area contributed by atoms with Gasteiger partial charge in [0, 0.05) is 24.7 Å². The Morgan fingerprint density at radius 3 is 2.67 bits per heavy atom. The molecule has 0 spiro atoms. The van der Waals surface area contributed by atoms with E-state index in [1.807, 2.05) is 12.1 Å². The van der Waals surface area contributed by atoms with E-state index in [-0.39, 0.29) is 23.8 Å². The molecular weight excluding hydrogens is 308 g/mol. The first-order valence-corrected chi connectivity index (χ1v) is 7.76. The second-order valence-electron chi connectivity index (χ2n) is 6.06. The van der Waals surface area contributed by atoms with E-state index >= 15 is 0 Å². The summed E-state index contributed by atoms with van der Waals surface area (Å²) in [5.74, 6) is -0.152. The third kappa shape index (κ3) is 2.13. The second kappa shape index (κ2) is 5.31. The van der Waals surface area contributed by atoms with Crippen molar-refractivity contribution in [3.63, 3.8) is 0 Å². The van der Waals surface area contributed by atoms with Gasteiger partial charge in [-0.2, -0.15) is 0 Å². The van der Waals surface area contributed by atoms with E-state index in [2.05, 4.69) is 10.2 Å². The number of non-ortho nitro benzene ring substituents is 1. The molecule has 122 valence electrons. The van der Waals surface area contributed by atoms with Gasteiger partial charge in [0.2, 0.25) is 0 Å². The van der Waals surface area contributed by atoms with Crippen molar-refractivity contribution < 1.29 is 9.72 Å². The van der Waals surface area contributed by atoms with Crippen molar-refractivity contribution >= 4 is 17.3 Å². The minimum absolute atomic E-state index is 0.0302. The van der Waals surface area contributed by atoms with Gasteiger partial charge in [-0.15, -0.1) is 0 Å². The lowest BCUT2D eigenvalue weighted by Gasteiger charge is -2.44. The zero-order valence-corrected chi connectivity index (χ0v) is 12.8. The van der Waals surface area contributed by atoms with Crippen molar-refractivity contribution in [1.82, 2.24) is 5.32 Å². The topological polar surface area (TPSA) is 102 Å². The second-order valence-corrected chi connectivity index (χ2v) is 6.06. The Bertz CT molecular complexity index is 834. The number of carbonyl (C=O) groups excluding carboxylic acids is 1. The largest absolute Gasteiger partial charge is 0.346 e. The molecule has 0 radical (unpaired) electrons. The zero-order chi connectivity index (χ0) is 16.8. The van der Waals surface area contributed by atoms with Crippen LogP contribution in [0.4, 0.5) is 11.4 Å². The Morgan fingerprint density at radius 1 is 1.21 bits per heavy atom. The average molecular weight is 324 g/mol. The molecule has 2 atom stereocenters. The number of anilines is 1. The van der Waals surface area contributed by atoms with Gasteiger partial charge in [0.1, 0.15) is 6.17 Å². The number of amides is 1. The summed E-state index contributed by atoms with van der Waals surface area (Å²) >= 11 is 0. The van der Waals surface area contributed by atoms with E-state index in [1.165, 1.54) is 12.1 Å². The Hall–Kier alpha value is -2.93. The van der Waals surface area contributed by atoms with Crippen molar-refractivity contribution in [2.24, 2.45) is 5.73 Å². The quantitative estimate of drug-likeness (QED) is 0.651. The molecule has 0 saturated heterocycles. The molecule has 0 fully saturated rings. The van der Waals surface area contributed by atoms with Crippen molar-refractivity contribution in [1.29, 1.82) is 0 Å². The fourth-order valence-corrected chi connectivity index (χ4v) is 3.49. The highest BCUT2D eigenvalue weighted by Crippen LogP contribution is 2.42. The van der Waals surface area contributed by atoms with Gasteiger partial charge in [-0.25, -0.2) is 0 Å². The Labute approximate surface area is 138 Å². The van der Waals surface area contributed by atoms with Crippen molar-refractivity contribution in [2.45, 2.75) is 18.6 Å². The van der Waals surface area contributed by atoms with Crippen LogP contribution in [-0.2, 0) is 0 Å². The third-order valence-corrected chi connectivity index (χ3v) is 4.68. The maximum Gasteiger partial charge on any atom is 0.269 e. The summed E-state index contributed by atoms with van der Waals surface area (Å²) in [5.41, 5.74) is 9.52. The Morgan fingerprint density at radius 2 is 1.96 bits per heavy atom. The molecule has 0 aromatic heterocycles. The van der Waals surface area contributed by atoms with E-state index in [1.54, 1.807) is 18.2 Å². The first-order valence-electron chi connectivity index (χ1n) is 7.76. The normalized spacial score (nSPS) is 21.9. The van der Waals surface area contributed by atoms with Crippen LogP contribution in [0.25, 0.3) is 0 Å². The summed E-state index contributed by atoms with van der Waals surface area (Å²) in [6, 6.07) is 11.8. The first kappa shape index (κ1) is 14.6. The maximum absolute atomic E-state index is 12.5. The highest BCUT2D eigenvalue weighted by molar-refractivity contribution is 6.03. The number of hydrogen-bond donors (Lipinski definition) is 2. The van der Waals surface area contributed by atoms with Crippen LogP contribution in [0.3, 0.4) is 0 Å². The van der Waals surface area contributed by atoms with Gasteiger partial charge in [-0.1, -0.05) is 12.1 Å². The standard InChI is InChI=1S/C17H16N4O3/c18-14-8-9-20-15-12(14)2-1-3-13(15)17(22)19-16(20)10-4-6-11(7-5-10)21(23)24/h1-7,14,16H,8-9,18H2,(H,19,22)/t14-,16-/m0/s1. The summed E-state index contributed by atoms with van der Waals surface area (Å²) in [6.45, 7) is 0.715. The number of rotatable bonds is 2. The van der Waals surface area contributed by atoms with Crippen LogP contribution in [0.5, 0.6) is 0 Å². The molecule has 3 N–H and O–H groups in total. The number of carbonyl (C=O) groups is 1. The number of nitrogens with zero attached hydrogens (tertiary/aromatic N) is 2. The number of para-hydroxylation sites is 1. The molecule has 2 aromatic carbocycles. The average Bonchev–Trinajstić information content (AvgIpc) is 2.60. The number of nitrogens with two attached hydrogens (primary N) is 1. The Balaban J connectivity index is 1.79. The molecule has 4 rings (SSSR count). The van der Waals surface area contributed by atoms with Gasteiger partial charge in [-0.05, 0) is 35.7 Å². The molecule has 0 bridgehead atoms. The lowest BCUT2D eigenvalue weighted by molar-refractivity contribution is -0.384. The van der Waals surface area contributed by atoms with Crippen molar-refractivity contribution in [2.75, 3.05) is 11.4 Å². The van der Waals surface area contributed by atoms with Crippen LogP contribution in [0.15, 0.2) is 42.5 Å². The van der Waals surface area contributed by atoms with Crippen LogP contribution < -0.4 is 16.0 Å². The maximum atomic E-state index is 12.5. The van der Waals surface area contributed by atoms with Gasteiger partial charge < -0.3 is 16.0 Å². The third-order valence-electron chi connectivity index (χ3n) is 4.68. The van der Waals surface area contributed by atoms with Gasteiger partial charge in [0.25, 0.3) is 11.6 Å². The molecule has 0 aliphatic carbocycles. The fourth-order valence-electron chi connectivity index (χ4n) is 3.49. The summed E-state index contributed by atoms with van der Waals surface area (Å²) in [5, 5.41) is 13.8. The predicted octanol–water partition coefficient (Wildman–Crippen LogP) is 2.25. The lowest BCUT2D eigenvalue weighted by atomic mass is 9.90. The molecule has 7 heteroatoms. The molecule has 2 aliphatic heterocycles. The molecule has 2 aliphatic rings. The fraction of sp³-hybridized carbons (Fsp3) is 0.235. The molecule has 24 heavy (non-hydrogen) atoms. The molecule has 2 aromatic rings. The van der Waals surface area contributed by atoms with Gasteiger partial charge in [0.05, 0.1) is 16.2 Å². The van der Waals surface area contributed by atoms with Gasteiger partial charge >= 0.3 is 0 Å². The summed E-state index contributed by atoms with van der Waals surface area (Å²) in [7, 11) is 0. The number of benzene rings is 2. The highest BCUT2D eigenvalue weighted by Gasteiger charge is 2.37. The van der Waals surface area contributed by atoms with E-state index in [4.69, 9.17) is 5.73 Å². The predicted molar refractivity (Wildman–Crippen MR) is 88.6 cm³/mol.